The Morgan fingerprint density at radius 3 is 0.678 bits per heavy atom. The van der Waals surface area contributed by atoms with Crippen LogP contribution in [0, 0.1) is 116 Å². The van der Waals surface area contributed by atoms with Crippen LogP contribution in [0.1, 0.15) is 31.9 Å². The Hall–Kier alpha value is -5.28. The summed E-state index contributed by atoms with van der Waals surface area (Å²) < 4.78 is 294. The normalized spacial score (nSPS) is 11.7. The maximum absolute atomic E-state index is 15.4. The van der Waals surface area contributed by atoms with Crippen LogP contribution in [0.3, 0.4) is 0 Å². The van der Waals surface area contributed by atoms with Gasteiger partial charge in [0.1, 0.15) is 59.2 Å². The number of hydrogen-bond acceptors (Lipinski definition) is 0. The minimum atomic E-state index is -7.22. The second-order valence-corrected chi connectivity index (χ2v) is 12.6. The fourth-order valence-corrected chi connectivity index (χ4v) is 6.56. The van der Waals surface area contributed by atoms with E-state index in [0.717, 1.165) is 13.0 Å². The van der Waals surface area contributed by atoms with Gasteiger partial charge in [0.25, 0.3) is 0 Å². The van der Waals surface area contributed by atoms with E-state index >= 15 is 35.1 Å². The number of nitrogens with one attached hydrogen (secondary N) is 1. The average Bonchev–Trinajstić information content (AvgIpc) is 3.23. The monoisotopic (exact) mass is 871 g/mol. The molecule has 0 heterocycles. The maximum Gasteiger partial charge on any atom is 0.200 e. The van der Waals surface area contributed by atoms with Gasteiger partial charge in [-0.3, -0.25) is 0 Å². The highest BCUT2D eigenvalue weighted by Gasteiger charge is 2.52. The van der Waals surface area contributed by atoms with E-state index in [1.54, 1.807) is 4.90 Å². The Morgan fingerprint density at radius 1 is 0.305 bits per heavy atom. The number of hydrogen-bond donors (Lipinski definition) is 1. The Labute approximate surface area is 319 Å². The molecular weight excluding hydrogens is 849 g/mol. The molecule has 0 aliphatic rings. The molecule has 0 bridgehead atoms. The molecule has 0 unspecified atom stereocenters. The molecule has 1 nitrogen and oxygen atoms in total. The minimum Gasteiger partial charge on any atom is -0.332 e. The SMILES string of the molecule is CCc1ccc(C[NH+](CC)CC)cc1.Fc1c(F)c(F)c([B-](c2c(F)c(F)c(F)c(F)c2F)(c2c(F)c(F)c(F)c(F)c2F)c2c(F)c(F)c(F)c(F)c2F)c(F)c1F. The second-order valence-electron chi connectivity index (χ2n) is 12.6. The summed E-state index contributed by atoms with van der Waals surface area (Å²) in [6.07, 6.45) is -6.08. The Balaban J connectivity index is 0.000000464. The number of benzene rings is 5. The first kappa shape index (κ1) is 46.4. The summed E-state index contributed by atoms with van der Waals surface area (Å²) >= 11 is 0. The lowest BCUT2D eigenvalue weighted by molar-refractivity contribution is -0.910. The molecule has 0 radical (unpaired) electrons. The molecule has 5 aromatic rings. The Morgan fingerprint density at radius 2 is 0.492 bits per heavy atom. The molecule has 0 aromatic heterocycles. The predicted octanol–water partition coefficient (Wildman–Crippen LogP) is 7.52. The second kappa shape index (κ2) is 17.5. The Kier molecular flexibility index (Phi) is 13.8. The van der Waals surface area contributed by atoms with E-state index < -0.39 is 144 Å². The van der Waals surface area contributed by atoms with E-state index in [1.165, 1.54) is 24.2 Å². The minimum absolute atomic E-state index is 1.14. The zero-order chi connectivity index (χ0) is 44.7. The van der Waals surface area contributed by atoms with Crippen LogP contribution in [0.25, 0.3) is 0 Å². The lowest BCUT2D eigenvalue weighted by atomic mass is 9.12. The van der Waals surface area contributed by atoms with Crippen molar-refractivity contribution in [3.63, 3.8) is 0 Å². The van der Waals surface area contributed by atoms with Gasteiger partial charge in [0, 0.05) is 5.56 Å². The van der Waals surface area contributed by atoms with Crippen LogP contribution in [0.15, 0.2) is 24.3 Å². The van der Waals surface area contributed by atoms with Crippen molar-refractivity contribution in [3.8, 4) is 0 Å². The fourth-order valence-electron chi connectivity index (χ4n) is 6.56. The number of aryl methyl sites for hydroxylation is 1. The number of rotatable bonds is 9. The van der Waals surface area contributed by atoms with Crippen LogP contribution in [-0.4, -0.2) is 19.2 Å². The molecule has 0 saturated carbocycles. The van der Waals surface area contributed by atoms with Crippen molar-refractivity contribution in [2.24, 2.45) is 0 Å². The van der Waals surface area contributed by atoms with E-state index in [2.05, 4.69) is 45.0 Å². The van der Waals surface area contributed by atoms with Gasteiger partial charge in [0.15, 0.2) is 69.8 Å². The molecule has 0 aliphatic carbocycles. The summed E-state index contributed by atoms with van der Waals surface area (Å²) in [7, 11) is 0. The van der Waals surface area contributed by atoms with Crippen molar-refractivity contribution < 1.29 is 92.7 Å². The van der Waals surface area contributed by atoms with Gasteiger partial charge < -0.3 is 4.90 Å². The van der Waals surface area contributed by atoms with Gasteiger partial charge in [-0.2, -0.15) is 0 Å². The third-order valence-electron chi connectivity index (χ3n) is 9.59. The van der Waals surface area contributed by atoms with Gasteiger partial charge in [0.05, 0.1) is 13.1 Å². The zero-order valence-corrected chi connectivity index (χ0v) is 29.8. The Bertz CT molecular complexity index is 2050. The first-order chi connectivity index (χ1) is 27.5. The highest BCUT2D eigenvalue weighted by atomic mass is 19.2. The highest BCUT2D eigenvalue weighted by molar-refractivity contribution is 7.20. The summed E-state index contributed by atoms with van der Waals surface area (Å²) in [4.78, 5) is 1.65. The molecule has 0 atom stereocenters. The summed E-state index contributed by atoms with van der Waals surface area (Å²) in [5.74, 6) is -71.4. The molecule has 0 fully saturated rings. The van der Waals surface area contributed by atoms with Gasteiger partial charge in [-0.1, -0.05) is 31.2 Å². The van der Waals surface area contributed by atoms with Crippen molar-refractivity contribution in [3.05, 3.63) is 152 Å². The van der Waals surface area contributed by atoms with Crippen LogP contribution < -0.4 is 26.8 Å². The van der Waals surface area contributed by atoms with E-state index in [9.17, 15) is 52.7 Å². The van der Waals surface area contributed by atoms with Crippen molar-refractivity contribution in [1.82, 2.24) is 0 Å². The van der Waals surface area contributed by atoms with Gasteiger partial charge in [0.2, 0.25) is 0 Å². The van der Waals surface area contributed by atoms with Crippen molar-refractivity contribution >= 4 is 28.0 Å². The summed E-state index contributed by atoms with van der Waals surface area (Å²) in [6, 6.07) is 9.03. The molecular formula is C37H22BF20N. The standard InChI is InChI=1S/C24BF20.C13H21N/c26-5-1(6(27)14(35)21(42)13(5)34)25(2-7(28)15(36)22(43)16(37)8(2)29,3-9(30)17(38)23(44)18(39)10(3)31)4-11(32)19(40)24(45)20(41)12(4)33;1-4-12-7-9-13(10-8-12)11-14(5-2)6-3/h;7-10H,4-6,11H2,1-3H3/q-1;/p+1. The van der Waals surface area contributed by atoms with Gasteiger partial charge in [-0.05, 0) is 25.8 Å². The van der Waals surface area contributed by atoms with Crippen LogP contribution in [0.4, 0.5) is 87.8 Å². The molecule has 5 aromatic carbocycles. The van der Waals surface area contributed by atoms with Crippen molar-refractivity contribution in [1.29, 1.82) is 0 Å². The van der Waals surface area contributed by atoms with E-state index in [1.807, 2.05) is 0 Å². The zero-order valence-electron chi connectivity index (χ0n) is 29.8. The molecule has 22 heteroatoms. The summed E-state index contributed by atoms with van der Waals surface area (Å²) in [5, 5.41) is 0. The van der Waals surface area contributed by atoms with Crippen LogP contribution >= 0.6 is 0 Å². The smallest absolute Gasteiger partial charge is 0.200 e. The lowest BCUT2D eigenvalue weighted by Gasteiger charge is -2.44. The van der Waals surface area contributed by atoms with Crippen molar-refractivity contribution in [2.75, 3.05) is 13.1 Å². The third-order valence-corrected chi connectivity index (χ3v) is 9.59. The molecule has 0 aliphatic heterocycles. The van der Waals surface area contributed by atoms with Crippen LogP contribution in [-0.2, 0) is 13.0 Å². The van der Waals surface area contributed by atoms with Crippen LogP contribution in [0.2, 0.25) is 0 Å². The summed E-state index contributed by atoms with van der Waals surface area (Å²) in [5.41, 5.74) is -11.4. The molecule has 0 amide bonds. The van der Waals surface area contributed by atoms with Crippen LogP contribution in [0.5, 0.6) is 0 Å². The molecule has 318 valence electrons. The molecule has 5 rings (SSSR count). The first-order valence-electron chi connectivity index (χ1n) is 16.6. The van der Waals surface area contributed by atoms with E-state index in [0.29, 0.717) is 0 Å². The number of quaternary nitrogens is 1. The topological polar surface area (TPSA) is 4.44 Å². The van der Waals surface area contributed by atoms with Gasteiger partial charge in [-0.25, -0.2) is 87.8 Å². The van der Waals surface area contributed by atoms with E-state index in [4.69, 9.17) is 0 Å². The first-order valence-corrected chi connectivity index (χ1v) is 16.6. The highest BCUT2D eigenvalue weighted by Crippen LogP contribution is 2.30. The summed E-state index contributed by atoms with van der Waals surface area (Å²) in [6.45, 7) is 10.3. The maximum atomic E-state index is 15.4. The molecule has 59 heavy (non-hydrogen) atoms. The number of halogens is 20. The van der Waals surface area contributed by atoms with Crippen molar-refractivity contribution in [2.45, 2.75) is 33.7 Å². The molecule has 1 N–H and O–H groups in total. The molecule has 0 saturated heterocycles. The van der Waals surface area contributed by atoms with Gasteiger partial charge in [-0.15, -0.1) is 21.9 Å². The molecule has 0 spiro atoms. The lowest BCUT2D eigenvalue weighted by Crippen LogP contribution is -3.10. The average molecular weight is 871 g/mol. The third kappa shape index (κ3) is 7.47. The van der Waals surface area contributed by atoms with Gasteiger partial charge >= 0.3 is 0 Å². The van der Waals surface area contributed by atoms with E-state index in [-0.39, 0.29) is 0 Å². The fraction of sp³-hybridized carbons (Fsp3) is 0.189. The predicted molar refractivity (Wildman–Crippen MR) is 171 cm³/mol. The quantitative estimate of drug-likeness (QED) is 0.0678. The largest absolute Gasteiger partial charge is 0.332 e.